The first-order valence-corrected chi connectivity index (χ1v) is 9.99. The Bertz CT molecular complexity index is 911. The van der Waals surface area contributed by atoms with E-state index in [-0.39, 0.29) is 28.2 Å². The third-order valence-corrected chi connectivity index (χ3v) is 4.70. The summed E-state index contributed by atoms with van der Waals surface area (Å²) in [6, 6.07) is 10.3. The maximum absolute atomic E-state index is 12.6. The molecular weight excluding hydrogens is 360 g/mol. The normalized spacial score (nSPS) is 12.5. The second-order valence-corrected chi connectivity index (χ2v) is 8.28. The number of carbonyl (C=O) groups is 1. The average molecular weight is 381 g/mol. The minimum absolute atomic E-state index is 0.213. The highest BCUT2D eigenvalue weighted by Gasteiger charge is 2.17. The van der Waals surface area contributed by atoms with E-state index in [2.05, 4.69) is 10.0 Å². The second kappa shape index (κ2) is 7.45. The molecule has 1 atom stereocenters. The van der Waals surface area contributed by atoms with Crippen LogP contribution in [0.2, 0.25) is 5.02 Å². The number of nitrogens with one attached hydrogen (secondary N) is 2. The number of carbonyl (C=O) groups excluding carboxylic acids is 1. The van der Waals surface area contributed by atoms with Gasteiger partial charge in [-0.25, -0.2) is 8.42 Å². The van der Waals surface area contributed by atoms with E-state index < -0.39 is 10.0 Å². The molecule has 5 nitrogen and oxygen atoms in total. The fourth-order valence-corrected chi connectivity index (χ4v) is 3.31. The zero-order valence-corrected chi connectivity index (χ0v) is 16.1. The number of amides is 1. The summed E-state index contributed by atoms with van der Waals surface area (Å²) in [5, 5.41) is 3.17. The van der Waals surface area contributed by atoms with Crippen LogP contribution in [0, 0.1) is 13.8 Å². The Morgan fingerprint density at radius 2 is 1.80 bits per heavy atom. The monoisotopic (exact) mass is 380 g/mol. The van der Waals surface area contributed by atoms with Gasteiger partial charge in [-0.15, -0.1) is 0 Å². The molecule has 0 saturated heterocycles. The highest BCUT2D eigenvalue weighted by molar-refractivity contribution is 7.92. The minimum Gasteiger partial charge on any atom is -0.345 e. The molecule has 2 aromatic carbocycles. The van der Waals surface area contributed by atoms with Gasteiger partial charge in [-0.3, -0.25) is 9.52 Å². The number of hydrogen-bond acceptors (Lipinski definition) is 3. The molecule has 0 radical (unpaired) electrons. The average Bonchev–Trinajstić information content (AvgIpc) is 2.50. The second-order valence-electron chi connectivity index (χ2n) is 6.12. The van der Waals surface area contributed by atoms with Gasteiger partial charge in [-0.2, -0.15) is 0 Å². The Morgan fingerprint density at radius 3 is 2.44 bits per heavy atom. The molecule has 2 rings (SSSR count). The molecule has 0 aliphatic heterocycles. The predicted molar refractivity (Wildman–Crippen MR) is 102 cm³/mol. The van der Waals surface area contributed by atoms with Gasteiger partial charge in [0.25, 0.3) is 5.91 Å². The van der Waals surface area contributed by atoms with Crippen LogP contribution in [0.1, 0.15) is 40.0 Å². The molecule has 0 spiro atoms. The Labute approximate surface area is 153 Å². The predicted octanol–water partition coefficient (Wildman–Crippen LogP) is 3.82. The molecule has 134 valence electrons. The van der Waals surface area contributed by atoms with Crippen LogP contribution in [0.3, 0.4) is 0 Å². The van der Waals surface area contributed by atoms with Crippen molar-refractivity contribution < 1.29 is 13.2 Å². The highest BCUT2D eigenvalue weighted by atomic mass is 35.5. The smallest absolute Gasteiger partial charge is 0.253 e. The SMILES string of the molecule is Cc1ccc(C)c([C@@H](C)NC(=O)c2cc(NS(C)(=O)=O)ccc2Cl)c1. The highest BCUT2D eigenvalue weighted by Crippen LogP contribution is 2.24. The number of aryl methyl sites for hydroxylation is 2. The molecule has 25 heavy (non-hydrogen) atoms. The van der Waals surface area contributed by atoms with E-state index in [1.807, 2.05) is 39.0 Å². The molecule has 0 aromatic heterocycles. The van der Waals surface area contributed by atoms with Gasteiger partial charge in [0, 0.05) is 5.69 Å². The van der Waals surface area contributed by atoms with Gasteiger partial charge < -0.3 is 5.32 Å². The van der Waals surface area contributed by atoms with Crippen molar-refractivity contribution >= 4 is 33.2 Å². The van der Waals surface area contributed by atoms with Crippen molar-refractivity contribution in [2.24, 2.45) is 0 Å². The number of halogens is 1. The van der Waals surface area contributed by atoms with Crippen LogP contribution in [0.5, 0.6) is 0 Å². The van der Waals surface area contributed by atoms with Crippen LogP contribution >= 0.6 is 11.6 Å². The Hall–Kier alpha value is -2.05. The molecule has 7 heteroatoms. The third kappa shape index (κ3) is 5.21. The van der Waals surface area contributed by atoms with Crippen molar-refractivity contribution in [3.8, 4) is 0 Å². The fourth-order valence-electron chi connectivity index (χ4n) is 2.56. The third-order valence-electron chi connectivity index (χ3n) is 3.76. The van der Waals surface area contributed by atoms with Crippen molar-refractivity contribution in [2.45, 2.75) is 26.8 Å². The van der Waals surface area contributed by atoms with Crippen LogP contribution in [0.25, 0.3) is 0 Å². The van der Waals surface area contributed by atoms with Crippen LogP contribution in [0.15, 0.2) is 36.4 Å². The minimum atomic E-state index is -3.43. The molecule has 0 unspecified atom stereocenters. The molecule has 0 aliphatic carbocycles. The van der Waals surface area contributed by atoms with Gasteiger partial charge in [-0.1, -0.05) is 35.4 Å². The number of rotatable bonds is 5. The lowest BCUT2D eigenvalue weighted by Crippen LogP contribution is -2.27. The van der Waals surface area contributed by atoms with Crippen LogP contribution in [-0.4, -0.2) is 20.6 Å². The largest absolute Gasteiger partial charge is 0.345 e. The Morgan fingerprint density at radius 1 is 1.12 bits per heavy atom. The summed E-state index contributed by atoms with van der Waals surface area (Å²) < 4.78 is 25.0. The van der Waals surface area contributed by atoms with Crippen molar-refractivity contribution in [1.29, 1.82) is 0 Å². The zero-order chi connectivity index (χ0) is 18.8. The summed E-state index contributed by atoms with van der Waals surface area (Å²) in [7, 11) is -3.43. The van der Waals surface area contributed by atoms with Gasteiger partial charge >= 0.3 is 0 Å². The van der Waals surface area contributed by atoms with E-state index in [4.69, 9.17) is 11.6 Å². The zero-order valence-electron chi connectivity index (χ0n) is 14.6. The molecule has 0 fully saturated rings. The maximum atomic E-state index is 12.6. The van der Waals surface area contributed by atoms with Gasteiger partial charge in [0.15, 0.2) is 0 Å². The summed E-state index contributed by atoms with van der Waals surface area (Å²) in [5.74, 6) is -0.365. The van der Waals surface area contributed by atoms with Crippen LogP contribution in [-0.2, 0) is 10.0 Å². The lowest BCUT2D eigenvalue weighted by atomic mass is 9.99. The molecule has 2 aromatic rings. The van der Waals surface area contributed by atoms with Gasteiger partial charge in [0.2, 0.25) is 10.0 Å². The van der Waals surface area contributed by atoms with E-state index in [9.17, 15) is 13.2 Å². The van der Waals surface area contributed by atoms with Crippen molar-refractivity contribution in [3.05, 3.63) is 63.7 Å². The van der Waals surface area contributed by atoms with Gasteiger partial charge in [-0.05, 0) is 50.1 Å². The first-order valence-electron chi connectivity index (χ1n) is 7.72. The van der Waals surface area contributed by atoms with Crippen molar-refractivity contribution in [3.63, 3.8) is 0 Å². The van der Waals surface area contributed by atoms with Gasteiger partial charge in [0.1, 0.15) is 0 Å². The van der Waals surface area contributed by atoms with Crippen LogP contribution in [0.4, 0.5) is 5.69 Å². The molecular formula is C18H21ClN2O3S. The van der Waals surface area contributed by atoms with Crippen molar-refractivity contribution in [1.82, 2.24) is 5.32 Å². The molecule has 2 N–H and O–H groups in total. The van der Waals surface area contributed by atoms with E-state index in [1.165, 1.54) is 18.2 Å². The van der Waals surface area contributed by atoms with Crippen molar-refractivity contribution in [2.75, 3.05) is 11.0 Å². The standard InChI is InChI=1S/C18H21ClN2O3S/c1-11-5-6-12(2)15(9-11)13(3)20-18(22)16-10-14(7-8-17(16)19)21-25(4,23)24/h5-10,13,21H,1-4H3,(H,20,22)/t13-/m1/s1. The fraction of sp³-hybridized carbons (Fsp3) is 0.278. The van der Waals surface area contributed by atoms with E-state index in [0.717, 1.165) is 22.9 Å². The van der Waals surface area contributed by atoms with E-state index in [0.29, 0.717) is 0 Å². The molecule has 0 aliphatic rings. The first-order chi connectivity index (χ1) is 11.6. The Kier molecular flexibility index (Phi) is 5.75. The van der Waals surface area contributed by atoms with E-state index >= 15 is 0 Å². The molecule has 1 amide bonds. The quantitative estimate of drug-likeness (QED) is 0.827. The molecule has 0 saturated carbocycles. The number of sulfonamides is 1. The summed E-state index contributed by atoms with van der Waals surface area (Å²) in [6.07, 6.45) is 1.05. The molecule has 0 heterocycles. The summed E-state index contributed by atoms with van der Waals surface area (Å²) in [6.45, 7) is 5.88. The summed E-state index contributed by atoms with van der Waals surface area (Å²) >= 11 is 6.11. The lowest BCUT2D eigenvalue weighted by molar-refractivity contribution is 0.0940. The number of anilines is 1. The van der Waals surface area contributed by atoms with Gasteiger partial charge in [0.05, 0.1) is 22.9 Å². The Balaban J connectivity index is 2.25. The maximum Gasteiger partial charge on any atom is 0.253 e. The molecule has 0 bridgehead atoms. The topological polar surface area (TPSA) is 75.3 Å². The number of hydrogen-bond donors (Lipinski definition) is 2. The van der Waals surface area contributed by atoms with Crippen LogP contribution < -0.4 is 10.0 Å². The lowest BCUT2D eigenvalue weighted by Gasteiger charge is -2.18. The summed E-state index contributed by atoms with van der Waals surface area (Å²) in [4.78, 5) is 12.6. The number of benzene rings is 2. The first kappa shape index (κ1) is 19.3. The van der Waals surface area contributed by atoms with E-state index in [1.54, 1.807) is 0 Å². The summed E-state index contributed by atoms with van der Waals surface area (Å²) in [5.41, 5.74) is 3.72.